The van der Waals surface area contributed by atoms with Crippen molar-refractivity contribution in [2.75, 3.05) is 18.4 Å². The van der Waals surface area contributed by atoms with Crippen LogP contribution in [0.1, 0.15) is 26.2 Å². The van der Waals surface area contributed by atoms with Gasteiger partial charge in [-0.15, -0.1) is 11.3 Å². The Balaban J connectivity index is 1.59. The molecule has 1 N–H and O–H groups in total. The van der Waals surface area contributed by atoms with E-state index in [2.05, 4.69) is 33.3 Å². The normalized spacial score (nSPS) is 16.7. The standard InChI is InChI=1S/C16H21BrN4O3S2/c1-2-9-21-14(5-8-18-21)19-16(22)12-6-10-20(11-7-12)26(23,24)15-4-3-13(17)25-15/h3-5,8,12H,2,6-7,9-11H2,1H3,(H,19,22). The van der Waals surface area contributed by atoms with E-state index in [4.69, 9.17) is 0 Å². The van der Waals surface area contributed by atoms with E-state index in [-0.39, 0.29) is 11.8 Å². The zero-order valence-electron chi connectivity index (χ0n) is 14.4. The molecule has 0 aliphatic carbocycles. The van der Waals surface area contributed by atoms with Gasteiger partial charge in [-0.2, -0.15) is 9.40 Å². The highest BCUT2D eigenvalue weighted by atomic mass is 79.9. The minimum absolute atomic E-state index is 0.0706. The van der Waals surface area contributed by atoms with Gasteiger partial charge >= 0.3 is 0 Å². The molecule has 1 saturated heterocycles. The third-order valence-electron chi connectivity index (χ3n) is 4.37. The van der Waals surface area contributed by atoms with Gasteiger partial charge in [-0.3, -0.25) is 4.79 Å². The molecular weight excluding hydrogens is 440 g/mol. The van der Waals surface area contributed by atoms with Gasteiger partial charge in [0, 0.05) is 31.6 Å². The lowest BCUT2D eigenvalue weighted by atomic mass is 9.97. The number of sulfonamides is 1. The lowest BCUT2D eigenvalue weighted by molar-refractivity contribution is -0.121. The van der Waals surface area contributed by atoms with Gasteiger partial charge in [-0.25, -0.2) is 13.1 Å². The number of aryl methyl sites for hydroxylation is 1. The van der Waals surface area contributed by atoms with Crippen LogP contribution in [0.4, 0.5) is 5.82 Å². The second-order valence-electron chi connectivity index (χ2n) is 6.17. The van der Waals surface area contributed by atoms with Gasteiger partial charge in [0.2, 0.25) is 5.91 Å². The first-order chi connectivity index (χ1) is 12.4. The van der Waals surface area contributed by atoms with Crippen LogP contribution in [0.25, 0.3) is 0 Å². The number of aromatic nitrogens is 2. The van der Waals surface area contributed by atoms with E-state index in [0.29, 0.717) is 36.0 Å². The second kappa shape index (κ2) is 8.20. The summed E-state index contributed by atoms with van der Waals surface area (Å²) in [5, 5.41) is 7.12. The molecule has 142 valence electrons. The minimum atomic E-state index is -3.48. The predicted molar refractivity (Wildman–Crippen MR) is 105 cm³/mol. The molecule has 7 nitrogen and oxygen atoms in total. The molecule has 0 atom stereocenters. The molecule has 1 aliphatic rings. The lowest BCUT2D eigenvalue weighted by Gasteiger charge is -2.30. The van der Waals surface area contributed by atoms with Crippen LogP contribution >= 0.6 is 27.3 Å². The van der Waals surface area contributed by atoms with Crippen molar-refractivity contribution in [2.24, 2.45) is 5.92 Å². The number of hydrogen-bond donors (Lipinski definition) is 1. The molecule has 0 bridgehead atoms. The fraction of sp³-hybridized carbons (Fsp3) is 0.500. The van der Waals surface area contributed by atoms with Gasteiger partial charge in [0.1, 0.15) is 10.0 Å². The van der Waals surface area contributed by atoms with E-state index in [0.717, 1.165) is 16.8 Å². The molecule has 10 heteroatoms. The number of piperidine rings is 1. The number of anilines is 1. The maximum absolute atomic E-state index is 12.7. The summed E-state index contributed by atoms with van der Waals surface area (Å²) >= 11 is 4.50. The molecular formula is C16H21BrN4O3S2. The fourth-order valence-electron chi connectivity index (χ4n) is 2.98. The van der Waals surface area contributed by atoms with Crippen molar-refractivity contribution >= 4 is 49.0 Å². The first kappa shape index (κ1) is 19.5. The largest absolute Gasteiger partial charge is 0.311 e. The molecule has 2 aromatic rings. The summed E-state index contributed by atoms with van der Waals surface area (Å²) < 4.78 is 29.7. The molecule has 3 rings (SSSR count). The van der Waals surface area contributed by atoms with Gasteiger partial charge < -0.3 is 5.32 Å². The SMILES string of the molecule is CCCn1nccc1NC(=O)C1CCN(S(=O)(=O)c2ccc(Br)s2)CC1. The van der Waals surface area contributed by atoms with Gasteiger partial charge in [-0.05, 0) is 47.3 Å². The van der Waals surface area contributed by atoms with E-state index < -0.39 is 10.0 Å². The highest BCUT2D eigenvalue weighted by Crippen LogP contribution is 2.31. The Morgan fingerprint density at radius 3 is 2.69 bits per heavy atom. The van der Waals surface area contributed by atoms with Crippen molar-refractivity contribution in [3.8, 4) is 0 Å². The van der Waals surface area contributed by atoms with Crippen LogP contribution in [-0.2, 0) is 21.4 Å². The van der Waals surface area contributed by atoms with Crippen LogP contribution in [0.3, 0.4) is 0 Å². The van der Waals surface area contributed by atoms with Crippen LogP contribution in [0, 0.1) is 5.92 Å². The molecule has 1 amide bonds. The average molecular weight is 461 g/mol. The first-order valence-electron chi connectivity index (χ1n) is 8.50. The van der Waals surface area contributed by atoms with Crippen LogP contribution < -0.4 is 5.32 Å². The Hall–Kier alpha value is -1.23. The van der Waals surface area contributed by atoms with Crippen LogP contribution in [-0.4, -0.2) is 41.5 Å². The van der Waals surface area contributed by atoms with Crippen LogP contribution in [0.2, 0.25) is 0 Å². The number of amides is 1. The molecule has 2 aromatic heterocycles. The number of carbonyl (C=O) groups excluding carboxylic acids is 1. The summed E-state index contributed by atoms with van der Waals surface area (Å²) in [6.07, 6.45) is 3.62. The Bertz CT molecular complexity index is 870. The van der Waals surface area contributed by atoms with E-state index in [9.17, 15) is 13.2 Å². The van der Waals surface area contributed by atoms with E-state index >= 15 is 0 Å². The third-order valence-corrected chi connectivity index (χ3v) is 8.36. The summed E-state index contributed by atoms with van der Waals surface area (Å²) in [7, 11) is -3.48. The quantitative estimate of drug-likeness (QED) is 0.717. The summed E-state index contributed by atoms with van der Waals surface area (Å²) in [4.78, 5) is 12.5. The van der Waals surface area contributed by atoms with Gasteiger partial charge in [0.05, 0.1) is 9.98 Å². The van der Waals surface area contributed by atoms with Crippen molar-refractivity contribution in [1.82, 2.24) is 14.1 Å². The van der Waals surface area contributed by atoms with Crippen LogP contribution in [0.15, 0.2) is 32.4 Å². The number of nitrogens with one attached hydrogen (secondary N) is 1. The van der Waals surface area contributed by atoms with Crippen molar-refractivity contribution < 1.29 is 13.2 Å². The van der Waals surface area contributed by atoms with E-state index in [1.165, 1.54) is 15.6 Å². The highest BCUT2D eigenvalue weighted by Gasteiger charge is 2.33. The Labute approximate surface area is 165 Å². The predicted octanol–water partition coefficient (Wildman–Crippen LogP) is 3.16. The molecule has 0 aromatic carbocycles. The molecule has 0 unspecified atom stereocenters. The highest BCUT2D eigenvalue weighted by molar-refractivity contribution is 9.11. The molecule has 0 radical (unpaired) electrons. The maximum Gasteiger partial charge on any atom is 0.252 e. The number of thiophene rings is 1. The summed E-state index contributed by atoms with van der Waals surface area (Å²) in [6, 6.07) is 5.12. The van der Waals surface area contributed by atoms with Crippen molar-refractivity contribution in [1.29, 1.82) is 0 Å². The molecule has 1 fully saturated rings. The Morgan fingerprint density at radius 2 is 2.08 bits per heavy atom. The zero-order chi connectivity index (χ0) is 18.7. The van der Waals surface area contributed by atoms with Crippen molar-refractivity contribution in [3.05, 3.63) is 28.2 Å². The number of carbonyl (C=O) groups is 1. The fourth-order valence-corrected chi connectivity index (χ4v) is 6.61. The summed E-state index contributed by atoms with van der Waals surface area (Å²) in [5.41, 5.74) is 0. The molecule has 1 aliphatic heterocycles. The van der Waals surface area contributed by atoms with Crippen molar-refractivity contribution in [3.63, 3.8) is 0 Å². The zero-order valence-corrected chi connectivity index (χ0v) is 17.6. The first-order valence-corrected chi connectivity index (χ1v) is 11.5. The summed E-state index contributed by atoms with van der Waals surface area (Å²) in [5.74, 6) is 0.426. The average Bonchev–Trinajstić information content (AvgIpc) is 3.25. The number of halogens is 1. The van der Waals surface area contributed by atoms with Crippen molar-refractivity contribution in [2.45, 2.75) is 36.9 Å². The van der Waals surface area contributed by atoms with Gasteiger partial charge in [0.15, 0.2) is 0 Å². The van der Waals surface area contributed by atoms with Gasteiger partial charge in [-0.1, -0.05) is 6.92 Å². The topological polar surface area (TPSA) is 84.3 Å². The Kier molecular flexibility index (Phi) is 6.16. The molecule has 3 heterocycles. The number of hydrogen-bond acceptors (Lipinski definition) is 5. The molecule has 0 spiro atoms. The van der Waals surface area contributed by atoms with E-state index in [1.54, 1.807) is 29.1 Å². The minimum Gasteiger partial charge on any atom is -0.311 e. The Morgan fingerprint density at radius 1 is 1.35 bits per heavy atom. The third kappa shape index (κ3) is 4.19. The lowest BCUT2D eigenvalue weighted by Crippen LogP contribution is -2.41. The van der Waals surface area contributed by atoms with Crippen LogP contribution in [0.5, 0.6) is 0 Å². The second-order valence-corrected chi connectivity index (χ2v) is 10.8. The van der Waals surface area contributed by atoms with E-state index in [1.807, 2.05) is 0 Å². The monoisotopic (exact) mass is 460 g/mol. The molecule has 0 saturated carbocycles. The molecule has 26 heavy (non-hydrogen) atoms. The van der Waals surface area contributed by atoms with Gasteiger partial charge in [0.25, 0.3) is 10.0 Å². The smallest absolute Gasteiger partial charge is 0.252 e. The number of rotatable bonds is 6. The maximum atomic E-state index is 12.7. The summed E-state index contributed by atoms with van der Waals surface area (Å²) in [6.45, 7) is 3.50. The number of nitrogens with zero attached hydrogens (tertiary/aromatic N) is 3.